The van der Waals surface area contributed by atoms with Crippen molar-refractivity contribution in [2.45, 2.75) is 26.4 Å². The highest BCUT2D eigenvalue weighted by atomic mass is 35.5. The Labute approximate surface area is 88.5 Å². The first-order chi connectivity index (χ1) is 6.50. The molecule has 1 aromatic carbocycles. The van der Waals surface area contributed by atoms with Gasteiger partial charge >= 0.3 is 0 Å². The van der Waals surface area contributed by atoms with Crippen molar-refractivity contribution in [2.24, 2.45) is 5.92 Å². The predicted octanol–water partition coefficient (Wildman–Crippen LogP) is 3.04. The molecular formula is C11H14ClFO. The van der Waals surface area contributed by atoms with Crippen molar-refractivity contribution in [3.63, 3.8) is 0 Å². The molecule has 0 radical (unpaired) electrons. The van der Waals surface area contributed by atoms with Crippen LogP contribution in [0, 0.1) is 11.7 Å². The quantitative estimate of drug-likeness (QED) is 0.824. The second kappa shape index (κ2) is 4.76. The van der Waals surface area contributed by atoms with Gasteiger partial charge in [-0.15, -0.1) is 0 Å². The van der Waals surface area contributed by atoms with Gasteiger partial charge in [0, 0.05) is 11.4 Å². The summed E-state index contributed by atoms with van der Waals surface area (Å²) in [5, 5.41) is 10.1. The highest BCUT2D eigenvalue weighted by molar-refractivity contribution is 6.31. The normalized spacial score (nSPS) is 13.3. The molecule has 0 aromatic heterocycles. The number of hydrogen-bond acceptors (Lipinski definition) is 1. The average molecular weight is 217 g/mol. The van der Waals surface area contributed by atoms with Crippen LogP contribution in [0.2, 0.25) is 5.02 Å². The van der Waals surface area contributed by atoms with Crippen LogP contribution < -0.4 is 0 Å². The number of rotatable bonds is 3. The van der Waals surface area contributed by atoms with Gasteiger partial charge < -0.3 is 5.11 Å². The van der Waals surface area contributed by atoms with Gasteiger partial charge in [-0.1, -0.05) is 25.4 Å². The minimum Gasteiger partial charge on any atom is -0.393 e. The Kier molecular flexibility index (Phi) is 3.90. The fraction of sp³-hybridized carbons (Fsp3) is 0.455. The van der Waals surface area contributed by atoms with E-state index in [1.165, 1.54) is 18.2 Å². The lowest BCUT2D eigenvalue weighted by Crippen LogP contribution is -2.17. The first kappa shape index (κ1) is 11.5. The molecule has 0 amide bonds. The van der Waals surface area contributed by atoms with Gasteiger partial charge in [0.05, 0.1) is 6.10 Å². The van der Waals surface area contributed by atoms with E-state index >= 15 is 0 Å². The minimum atomic E-state index is -0.478. The molecule has 0 bridgehead atoms. The van der Waals surface area contributed by atoms with E-state index in [2.05, 4.69) is 0 Å². The van der Waals surface area contributed by atoms with Crippen LogP contribution in [0.1, 0.15) is 19.4 Å². The molecule has 0 aliphatic carbocycles. The van der Waals surface area contributed by atoms with Gasteiger partial charge in [0.15, 0.2) is 0 Å². The van der Waals surface area contributed by atoms with Crippen molar-refractivity contribution in [3.8, 4) is 0 Å². The van der Waals surface area contributed by atoms with Crippen molar-refractivity contribution in [1.29, 1.82) is 0 Å². The molecule has 0 spiro atoms. The van der Waals surface area contributed by atoms with Gasteiger partial charge in [-0.25, -0.2) is 4.39 Å². The Morgan fingerprint density at radius 2 is 2.07 bits per heavy atom. The maximum Gasteiger partial charge on any atom is 0.123 e. The van der Waals surface area contributed by atoms with Crippen LogP contribution in [0.4, 0.5) is 4.39 Å². The summed E-state index contributed by atoms with van der Waals surface area (Å²) < 4.78 is 12.9. The average Bonchev–Trinajstić information content (AvgIpc) is 2.11. The number of halogens is 2. The Morgan fingerprint density at radius 3 is 2.64 bits per heavy atom. The fourth-order valence-corrected chi connectivity index (χ4v) is 1.36. The van der Waals surface area contributed by atoms with Crippen LogP contribution in [-0.2, 0) is 6.42 Å². The first-order valence-corrected chi connectivity index (χ1v) is 5.00. The summed E-state index contributed by atoms with van der Waals surface area (Å²) in [6.45, 7) is 3.83. The largest absolute Gasteiger partial charge is 0.393 e. The Balaban J connectivity index is 2.80. The highest BCUT2D eigenvalue weighted by Gasteiger charge is 2.12. The van der Waals surface area contributed by atoms with Gasteiger partial charge in [-0.3, -0.25) is 0 Å². The van der Waals surface area contributed by atoms with Gasteiger partial charge in [-0.05, 0) is 29.7 Å². The number of aliphatic hydroxyl groups is 1. The van der Waals surface area contributed by atoms with Crippen LogP contribution in [0.3, 0.4) is 0 Å². The molecule has 3 heteroatoms. The van der Waals surface area contributed by atoms with E-state index in [0.29, 0.717) is 17.0 Å². The van der Waals surface area contributed by atoms with Crippen molar-refractivity contribution < 1.29 is 9.50 Å². The smallest absolute Gasteiger partial charge is 0.123 e. The van der Waals surface area contributed by atoms with Crippen molar-refractivity contribution in [1.82, 2.24) is 0 Å². The summed E-state index contributed by atoms with van der Waals surface area (Å²) in [6, 6.07) is 4.20. The van der Waals surface area contributed by atoms with E-state index in [4.69, 9.17) is 11.6 Å². The van der Waals surface area contributed by atoms with E-state index in [-0.39, 0.29) is 11.7 Å². The van der Waals surface area contributed by atoms with Crippen molar-refractivity contribution in [3.05, 3.63) is 34.6 Å². The third-order valence-corrected chi connectivity index (χ3v) is 2.58. The lowest BCUT2D eigenvalue weighted by Gasteiger charge is -2.15. The predicted molar refractivity (Wildman–Crippen MR) is 56.0 cm³/mol. The van der Waals surface area contributed by atoms with Gasteiger partial charge in [0.1, 0.15) is 5.82 Å². The molecule has 0 aliphatic heterocycles. The van der Waals surface area contributed by atoms with Crippen molar-refractivity contribution in [2.75, 3.05) is 0 Å². The van der Waals surface area contributed by atoms with Gasteiger partial charge in [0.25, 0.3) is 0 Å². The Morgan fingerprint density at radius 1 is 1.43 bits per heavy atom. The summed E-state index contributed by atoms with van der Waals surface area (Å²) in [7, 11) is 0. The van der Waals surface area contributed by atoms with E-state index in [0.717, 1.165) is 0 Å². The zero-order valence-corrected chi connectivity index (χ0v) is 9.05. The van der Waals surface area contributed by atoms with E-state index in [1.54, 1.807) is 0 Å². The molecule has 0 heterocycles. The Hall–Kier alpha value is -0.600. The number of aliphatic hydroxyl groups excluding tert-OH is 1. The first-order valence-electron chi connectivity index (χ1n) is 4.62. The molecule has 1 atom stereocenters. The molecule has 0 aliphatic rings. The number of hydrogen-bond donors (Lipinski definition) is 1. The molecule has 78 valence electrons. The third kappa shape index (κ3) is 2.96. The SMILES string of the molecule is CC(C)C(O)Cc1cc(F)ccc1Cl. The maximum atomic E-state index is 12.9. The van der Waals surface area contributed by atoms with E-state index in [9.17, 15) is 9.50 Å². The van der Waals surface area contributed by atoms with Crippen LogP contribution in [-0.4, -0.2) is 11.2 Å². The summed E-state index contributed by atoms with van der Waals surface area (Å²) in [6.07, 6.45) is -0.0804. The van der Waals surface area contributed by atoms with Crippen molar-refractivity contribution >= 4 is 11.6 Å². The zero-order chi connectivity index (χ0) is 10.7. The molecule has 1 unspecified atom stereocenters. The Bertz CT molecular complexity index is 312. The molecule has 1 aromatic rings. The van der Waals surface area contributed by atoms with E-state index < -0.39 is 6.10 Å². The minimum absolute atomic E-state index is 0.148. The molecule has 1 rings (SSSR count). The van der Waals surface area contributed by atoms with Gasteiger partial charge in [-0.2, -0.15) is 0 Å². The molecule has 1 nitrogen and oxygen atoms in total. The standard InChI is InChI=1S/C11H14ClFO/c1-7(2)11(14)6-8-5-9(13)3-4-10(8)12/h3-5,7,11,14H,6H2,1-2H3. The molecule has 0 saturated heterocycles. The topological polar surface area (TPSA) is 20.2 Å². The van der Waals surface area contributed by atoms with Crippen LogP contribution in [0.5, 0.6) is 0 Å². The second-order valence-corrected chi connectivity index (χ2v) is 4.16. The second-order valence-electron chi connectivity index (χ2n) is 3.75. The van der Waals surface area contributed by atoms with Gasteiger partial charge in [0.2, 0.25) is 0 Å². The molecule has 0 fully saturated rings. The third-order valence-electron chi connectivity index (χ3n) is 2.21. The lowest BCUT2D eigenvalue weighted by molar-refractivity contribution is 0.125. The van der Waals surface area contributed by atoms with Crippen LogP contribution >= 0.6 is 11.6 Å². The van der Waals surface area contributed by atoms with Crippen LogP contribution in [0.15, 0.2) is 18.2 Å². The molecule has 1 N–H and O–H groups in total. The molecular weight excluding hydrogens is 203 g/mol. The summed E-state index contributed by atoms with van der Waals surface area (Å²) in [4.78, 5) is 0. The highest BCUT2D eigenvalue weighted by Crippen LogP contribution is 2.20. The summed E-state index contributed by atoms with van der Waals surface area (Å²) in [5.74, 6) is -0.172. The number of benzene rings is 1. The van der Waals surface area contributed by atoms with E-state index in [1.807, 2.05) is 13.8 Å². The maximum absolute atomic E-state index is 12.9. The monoisotopic (exact) mass is 216 g/mol. The zero-order valence-electron chi connectivity index (χ0n) is 8.30. The lowest BCUT2D eigenvalue weighted by atomic mass is 9.99. The van der Waals surface area contributed by atoms with Crippen LogP contribution in [0.25, 0.3) is 0 Å². The summed E-state index contributed by atoms with van der Waals surface area (Å²) >= 11 is 5.87. The molecule has 0 saturated carbocycles. The fourth-order valence-electron chi connectivity index (χ4n) is 1.16. The summed E-state index contributed by atoms with van der Waals surface area (Å²) in [5.41, 5.74) is 0.660. The molecule has 14 heavy (non-hydrogen) atoms.